The maximum absolute atomic E-state index is 12.5. The topological polar surface area (TPSA) is 66.8 Å². The van der Waals surface area contributed by atoms with E-state index in [4.69, 9.17) is 0 Å². The van der Waals surface area contributed by atoms with Crippen molar-refractivity contribution in [2.75, 3.05) is 16.4 Å². The first-order chi connectivity index (χ1) is 12.4. The van der Waals surface area contributed by atoms with Crippen molar-refractivity contribution in [3.8, 4) is 0 Å². The third-order valence-electron chi connectivity index (χ3n) is 4.39. The number of benzene rings is 2. The molecule has 0 aromatic heterocycles. The number of halogens is 1. The summed E-state index contributed by atoms with van der Waals surface area (Å²) in [6.45, 7) is 0. The Morgan fingerprint density at radius 3 is 2.46 bits per heavy atom. The smallest absolute Gasteiger partial charge is 0.279 e. The van der Waals surface area contributed by atoms with Gasteiger partial charge in [-0.3, -0.25) is 4.79 Å². The lowest BCUT2D eigenvalue weighted by molar-refractivity contribution is 0.100. The van der Waals surface area contributed by atoms with E-state index in [0.29, 0.717) is 10.7 Å². The minimum atomic E-state index is -3.07. The average Bonchev–Trinajstić information content (AvgIpc) is 3.07. The van der Waals surface area contributed by atoms with E-state index in [0.717, 1.165) is 10.2 Å². The monoisotopic (exact) mass is 450 g/mol. The summed E-state index contributed by atoms with van der Waals surface area (Å²) in [5.74, 6) is -0.120. The number of nitrogens with zero attached hydrogens (tertiary/aromatic N) is 2. The molecule has 0 radical (unpaired) electrons. The Balaban J connectivity index is 1.72. The predicted octanol–water partition coefficient (Wildman–Crippen LogP) is 3.36. The SMILES string of the molecule is O=C(N=C1SC2CS(=O)(=O)CC2N1c1ccc(Br)cc1)c1ccccc1. The van der Waals surface area contributed by atoms with Crippen LogP contribution in [0.15, 0.2) is 64.1 Å². The number of hydrogen-bond acceptors (Lipinski definition) is 4. The van der Waals surface area contributed by atoms with Crippen molar-refractivity contribution in [1.82, 2.24) is 0 Å². The molecule has 0 spiro atoms. The molecule has 2 aromatic rings. The van der Waals surface area contributed by atoms with Crippen LogP contribution in [0.4, 0.5) is 5.69 Å². The van der Waals surface area contributed by atoms with Crippen LogP contribution in [0, 0.1) is 0 Å². The fourth-order valence-electron chi connectivity index (χ4n) is 3.20. The highest BCUT2D eigenvalue weighted by molar-refractivity contribution is 9.10. The molecule has 2 aliphatic heterocycles. The second-order valence-electron chi connectivity index (χ2n) is 6.21. The molecule has 2 saturated heterocycles. The lowest BCUT2D eigenvalue weighted by Crippen LogP contribution is -2.37. The zero-order chi connectivity index (χ0) is 18.3. The lowest BCUT2D eigenvalue weighted by atomic mass is 10.2. The van der Waals surface area contributed by atoms with Crippen molar-refractivity contribution >= 4 is 54.3 Å². The highest BCUT2D eigenvalue weighted by Gasteiger charge is 2.49. The summed E-state index contributed by atoms with van der Waals surface area (Å²) in [6.07, 6.45) is 0. The van der Waals surface area contributed by atoms with Crippen LogP contribution in [0.1, 0.15) is 10.4 Å². The molecule has 2 heterocycles. The highest BCUT2D eigenvalue weighted by atomic mass is 79.9. The third kappa shape index (κ3) is 3.45. The van der Waals surface area contributed by atoms with Crippen LogP contribution in [0.3, 0.4) is 0 Å². The summed E-state index contributed by atoms with van der Waals surface area (Å²) >= 11 is 4.79. The largest absolute Gasteiger partial charge is 0.316 e. The van der Waals surface area contributed by atoms with E-state index in [1.54, 1.807) is 24.3 Å². The van der Waals surface area contributed by atoms with Crippen molar-refractivity contribution in [2.24, 2.45) is 4.99 Å². The van der Waals surface area contributed by atoms with E-state index >= 15 is 0 Å². The molecule has 0 aliphatic carbocycles. The van der Waals surface area contributed by atoms with E-state index in [2.05, 4.69) is 20.9 Å². The van der Waals surface area contributed by atoms with E-state index in [9.17, 15) is 13.2 Å². The number of aliphatic imine (C=N–C) groups is 1. The summed E-state index contributed by atoms with van der Waals surface area (Å²) in [6, 6.07) is 16.3. The average molecular weight is 451 g/mol. The zero-order valence-electron chi connectivity index (χ0n) is 13.6. The first-order valence-corrected chi connectivity index (χ1v) is 11.5. The minimum absolute atomic E-state index is 0.0826. The number of anilines is 1. The predicted molar refractivity (Wildman–Crippen MR) is 109 cm³/mol. The Bertz CT molecular complexity index is 975. The number of fused-ring (bicyclic) bond motifs is 1. The molecule has 0 N–H and O–H groups in total. The molecule has 2 aromatic carbocycles. The molecule has 2 atom stereocenters. The quantitative estimate of drug-likeness (QED) is 0.701. The minimum Gasteiger partial charge on any atom is -0.316 e. The van der Waals surface area contributed by atoms with Gasteiger partial charge in [0.1, 0.15) is 0 Å². The lowest BCUT2D eigenvalue weighted by Gasteiger charge is -2.24. The number of hydrogen-bond donors (Lipinski definition) is 0. The summed E-state index contributed by atoms with van der Waals surface area (Å²) < 4.78 is 25.1. The second kappa shape index (κ2) is 6.83. The molecular formula is C18H15BrN2O3S2. The van der Waals surface area contributed by atoms with Gasteiger partial charge in [0.2, 0.25) is 0 Å². The van der Waals surface area contributed by atoms with Crippen molar-refractivity contribution in [2.45, 2.75) is 11.3 Å². The van der Waals surface area contributed by atoms with Crippen LogP contribution in [0.25, 0.3) is 0 Å². The first-order valence-electron chi connectivity index (χ1n) is 8.03. The van der Waals surface area contributed by atoms with Gasteiger partial charge < -0.3 is 4.90 Å². The molecule has 8 heteroatoms. The fourth-order valence-corrected chi connectivity index (χ4v) is 7.38. The van der Waals surface area contributed by atoms with Crippen molar-refractivity contribution < 1.29 is 13.2 Å². The van der Waals surface area contributed by atoms with Crippen molar-refractivity contribution in [3.05, 3.63) is 64.6 Å². The molecule has 4 rings (SSSR count). The number of carbonyl (C=O) groups excluding carboxylic acids is 1. The van der Waals surface area contributed by atoms with Gasteiger partial charge >= 0.3 is 0 Å². The van der Waals surface area contributed by atoms with Gasteiger partial charge in [-0.05, 0) is 36.4 Å². The molecule has 0 bridgehead atoms. The number of amides is 1. The van der Waals surface area contributed by atoms with Crippen LogP contribution in [0.2, 0.25) is 0 Å². The van der Waals surface area contributed by atoms with E-state index in [1.165, 1.54) is 11.8 Å². The standard InChI is InChI=1S/C18H15BrN2O3S2/c19-13-6-8-14(9-7-13)21-15-10-26(23,24)11-16(15)25-18(21)20-17(22)12-4-2-1-3-5-12/h1-9,15-16H,10-11H2. The maximum atomic E-state index is 12.5. The van der Waals surface area contributed by atoms with E-state index in [1.807, 2.05) is 35.2 Å². The number of carbonyl (C=O) groups is 1. The van der Waals surface area contributed by atoms with Crippen LogP contribution >= 0.6 is 27.7 Å². The molecule has 134 valence electrons. The van der Waals surface area contributed by atoms with Gasteiger partial charge in [0, 0.05) is 21.0 Å². The molecule has 0 saturated carbocycles. The Morgan fingerprint density at radius 1 is 1.08 bits per heavy atom. The van der Waals surface area contributed by atoms with Crippen molar-refractivity contribution in [3.63, 3.8) is 0 Å². The molecule has 5 nitrogen and oxygen atoms in total. The van der Waals surface area contributed by atoms with Crippen LogP contribution < -0.4 is 4.90 Å². The molecule has 2 aliphatic rings. The molecule has 2 fully saturated rings. The first kappa shape index (κ1) is 17.8. The van der Waals surface area contributed by atoms with Gasteiger partial charge in [-0.1, -0.05) is 45.9 Å². The molecular weight excluding hydrogens is 436 g/mol. The summed E-state index contributed by atoms with van der Waals surface area (Å²) in [5.41, 5.74) is 1.35. The number of amidine groups is 1. The normalized spacial score (nSPS) is 25.4. The molecule has 1 amide bonds. The molecule has 2 unspecified atom stereocenters. The van der Waals surface area contributed by atoms with Crippen LogP contribution in [-0.4, -0.2) is 42.3 Å². The Morgan fingerprint density at radius 2 is 1.77 bits per heavy atom. The Hall–Kier alpha value is -1.64. The van der Waals surface area contributed by atoms with Crippen LogP contribution in [0.5, 0.6) is 0 Å². The van der Waals surface area contributed by atoms with Gasteiger partial charge in [0.25, 0.3) is 5.91 Å². The number of rotatable bonds is 2. The fraction of sp³-hybridized carbons (Fsp3) is 0.222. The Labute approximate surface area is 164 Å². The van der Waals surface area contributed by atoms with Crippen molar-refractivity contribution in [1.29, 1.82) is 0 Å². The maximum Gasteiger partial charge on any atom is 0.279 e. The van der Waals surface area contributed by atoms with Crippen LogP contribution in [-0.2, 0) is 9.84 Å². The second-order valence-corrected chi connectivity index (χ2v) is 10.5. The Kier molecular flexibility index (Phi) is 4.66. The highest BCUT2D eigenvalue weighted by Crippen LogP contribution is 2.41. The number of sulfone groups is 1. The molecule has 26 heavy (non-hydrogen) atoms. The number of thioether (sulfide) groups is 1. The van der Waals surface area contributed by atoms with E-state index in [-0.39, 0.29) is 28.7 Å². The van der Waals surface area contributed by atoms with Gasteiger partial charge in [-0.15, -0.1) is 0 Å². The van der Waals surface area contributed by atoms with Gasteiger partial charge in [0.05, 0.1) is 17.5 Å². The van der Waals surface area contributed by atoms with E-state index < -0.39 is 9.84 Å². The van der Waals surface area contributed by atoms with Gasteiger partial charge in [0.15, 0.2) is 15.0 Å². The summed E-state index contributed by atoms with van der Waals surface area (Å²) in [5, 5.41) is 0.456. The summed E-state index contributed by atoms with van der Waals surface area (Å²) in [7, 11) is -3.07. The third-order valence-corrected chi connectivity index (χ3v) is 8.13. The zero-order valence-corrected chi connectivity index (χ0v) is 16.8. The summed E-state index contributed by atoms with van der Waals surface area (Å²) in [4.78, 5) is 18.7. The van der Waals surface area contributed by atoms with Gasteiger partial charge in [-0.2, -0.15) is 4.99 Å². The van der Waals surface area contributed by atoms with Gasteiger partial charge in [-0.25, -0.2) is 8.42 Å².